The van der Waals surface area contributed by atoms with E-state index in [4.69, 9.17) is 15.6 Å². The first kappa shape index (κ1) is 10.8. The van der Waals surface area contributed by atoms with Gasteiger partial charge in [-0.1, -0.05) is 0 Å². The van der Waals surface area contributed by atoms with Crippen molar-refractivity contribution in [1.29, 1.82) is 0 Å². The maximum Gasteiger partial charge on any atom is 0.215 e. The summed E-state index contributed by atoms with van der Waals surface area (Å²) in [5, 5.41) is 3.96. The van der Waals surface area contributed by atoms with Crippen LogP contribution in [0.3, 0.4) is 0 Å². The molecule has 0 radical (unpaired) electrons. The maximum absolute atomic E-state index is 10.7. The Morgan fingerprint density at radius 2 is 2.00 bits per heavy atom. The van der Waals surface area contributed by atoms with Gasteiger partial charge in [-0.3, -0.25) is 0 Å². The van der Waals surface area contributed by atoms with Gasteiger partial charge in [0, 0.05) is 6.61 Å². The standard InChI is InChI=1S/C5H14N2O3S/c1-3-10-5(6)4(2)11(7,8)9/h4-5H,3,6H2,1-2H3,(H2,7,8,9)/t4-,5+/m1/s1. The van der Waals surface area contributed by atoms with Crippen LogP contribution in [0, 0.1) is 0 Å². The van der Waals surface area contributed by atoms with E-state index in [0.29, 0.717) is 6.61 Å². The lowest BCUT2D eigenvalue weighted by Gasteiger charge is -2.16. The number of ether oxygens (including phenoxy) is 1. The second-order valence-electron chi connectivity index (χ2n) is 2.21. The van der Waals surface area contributed by atoms with Crippen molar-refractivity contribution >= 4 is 10.0 Å². The number of rotatable bonds is 4. The SMILES string of the molecule is CCO[C@H](N)[C@@H](C)S(N)(=O)=O. The van der Waals surface area contributed by atoms with Crippen LogP contribution in [0.1, 0.15) is 13.8 Å². The minimum Gasteiger partial charge on any atom is -0.362 e. The van der Waals surface area contributed by atoms with Crippen LogP contribution >= 0.6 is 0 Å². The van der Waals surface area contributed by atoms with Crippen LogP contribution in [0.25, 0.3) is 0 Å². The van der Waals surface area contributed by atoms with Crippen molar-refractivity contribution in [3.8, 4) is 0 Å². The van der Waals surface area contributed by atoms with Crippen molar-refractivity contribution in [2.24, 2.45) is 10.9 Å². The minimum absolute atomic E-state index is 0.376. The number of hydrogen-bond donors (Lipinski definition) is 2. The predicted octanol–water partition coefficient (Wildman–Crippen LogP) is -1.02. The Labute approximate surface area is 66.8 Å². The fourth-order valence-corrected chi connectivity index (χ4v) is 0.967. The minimum atomic E-state index is -3.57. The van der Waals surface area contributed by atoms with Gasteiger partial charge in [0.25, 0.3) is 0 Å². The molecule has 0 aromatic carbocycles. The molecule has 0 rings (SSSR count). The Morgan fingerprint density at radius 3 is 2.27 bits per heavy atom. The molecular formula is C5H14N2O3S. The monoisotopic (exact) mass is 182 g/mol. The number of nitrogens with two attached hydrogens (primary N) is 2. The molecule has 0 heterocycles. The summed E-state index contributed by atoms with van der Waals surface area (Å²) >= 11 is 0. The highest BCUT2D eigenvalue weighted by Crippen LogP contribution is 2.00. The third-order valence-electron chi connectivity index (χ3n) is 1.34. The van der Waals surface area contributed by atoms with E-state index in [1.807, 2.05) is 0 Å². The fraction of sp³-hybridized carbons (Fsp3) is 1.00. The molecule has 0 saturated carbocycles. The molecule has 0 aromatic heterocycles. The number of hydrogen-bond acceptors (Lipinski definition) is 4. The van der Waals surface area contributed by atoms with Crippen LogP contribution in [0.5, 0.6) is 0 Å². The lowest BCUT2D eigenvalue weighted by atomic mass is 10.4. The molecule has 0 bridgehead atoms. The van der Waals surface area contributed by atoms with Gasteiger partial charge in [-0.05, 0) is 13.8 Å². The van der Waals surface area contributed by atoms with Crippen molar-refractivity contribution in [1.82, 2.24) is 0 Å². The van der Waals surface area contributed by atoms with E-state index in [9.17, 15) is 8.42 Å². The van der Waals surface area contributed by atoms with Crippen molar-refractivity contribution in [3.05, 3.63) is 0 Å². The number of sulfonamides is 1. The molecule has 2 atom stereocenters. The summed E-state index contributed by atoms with van der Waals surface area (Å²) in [6.45, 7) is 3.52. The van der Waals surface area contributed by atoms with Gasteiger partial charge in [0.2, 0.25) is 10.0 Å². The third-order valence-corrected chi connectivity index (χ3v) is 2.64. The van der Waals surface area contributed by atoms with E-state index < -0.39 is 21.5 Å². The molecule has 0 spiro atoms. The Hall–Kier alpha value is -0.170. The van der Waals surface area contributed by atoms with Gasteiger partial charge >= 0.3 is 0 Å². The molecule has 0 aliphatic heterocycles. The van der Waals surface area contributed by atoms with E-state index in [-0.39, 0.29) is 0 Å². The van der Waals surface area contributed by atoms with Crippen molar-refractivity contribution in [3.63, 3.8) is 0 Å². The first-order valence-electron chi connectivity index (χ1n) is 3.28. The topological polar surface area (TPSA) is 95.4 Å². The molecule has 0 aliphatic carbocycles. The lowest BCUT2D eigenvalue weighted by molar-refractivity contribution is 0.0673. The normalized spacial score (nSPS) is 17.8. The molecule has 0 fully saturated rings. The van der Waals surface area contributed by atoms with Gasteiger partial charge < -0.3 is 10.5 Å². The second kappa shape index (κ2) is 4.01. The van der Waals surface area contributed by atoms with Crippen molar-refractivity contribution in [2.75, 3.05) is 6.61 Å². The van der Waals surface area contributed by atoms with Crippen LogP contribution in [-0.2, 0) is 14.8 Å². The quantitative estimate of drug-likeness (QED) is 0.544. The Bertz CT molecular complexity index is 202. The van der Waals surface area contributed by atoms with E-state index in [1.165, 1.54) is 6.92 Å². The molecule has 0 amide bonds. The van der Waals surface area contributed by atoms with Gasteiger partial charge in [0.15, 0.2) is 0 Å². The zero-order valence-electron chi connectivity index (χ0n) is 6.65. The van der Waals surface area contributed by atoms with Crippen molar-refractivity contribution < 1.29 is 13.2 Å². The van der Waals surface area contributed by atoms with Gasteiger partial charge in [-0.15, -0.1) is 0 Å². The molecule has 68 valence electrons. The Morgan fingerprint density at radius 1 is 1.55 bits per heavy atom. The van der Waals surface area contributed by atoms with Crippen LogP contribution in [0.4, 0.5) is 0 Å². The average Bonchev–Trinajstić information content (AvgIpc) is 1.85. The summed E-state index contributed by atoms with van der Waals surface area (Å²) < 4.78 is 26.2. The van der Waals surface area contributed by atoms with E-state index in [1.54, 1.807) is 6.92 Å². The second-order valence-corrected chi connectivity index (χ2v) is 4.14. The third kappa shape index (κ3) is 3.66. The van der Waals surface area contributed by atoms with Crippen LogP contribution in [0.15, 0.2) is 0 Å². The largest absolute Gasteiger partial charge is 0.362 e. The maximum atomic E-state index is 10.7. The molecule has 0 aliphatic rings. The lowest BCUT2D eigenvalue weighted by Crippen LogP contribution is -2.43. The van der Waals surface area contributed by atoms with Crippen LogP contribution < -0.4 is 10.9 Å². The first-order chi connectivity index (χ1) is 4.89. The summed E-state index contributed by atoms with van der Waals surface area (Å²) in [7, 11) is -3.57. The highest BCUT2D eigenvalue weighted by Gasteiger charge is 2.23. The highest BCUT2D eigenvalue weighted by atomic mass is 32.2. The molecule has 0 unspecified atom stereocenters. The molecule has 4 N–H and O–H groups in total. The zero-order valence-corrected chi connectivity index (χ0v) is 7.47. The molecule has 6 heteroatoms. The van der Waals surface area contributed by atoms with Gasteiger partial charge in [-0.2, -0.15) is 0 Å². The summed E-state index contributed by atoms with van der Waals surface area (Å²) in [5.41, 5.74) is 5.33. The van der Waals surface area contributed by atoms with Crippen LogP contribution in [0.2, 0.25) is 0 Å². The molecule has 0 aromatic rings. The van der Waals surface area contributed by atoms with E-state index in [2.05, 4.69) is 0 Å². The zero-order chi connectivity index (χ0) is 9.07. The molecule has 5 nitrogen and oxygen atoms in total. The van der Waals surface area contributed by atoms with Gasteiger partial charge in [0.1, 0.15) is 11.5 Å². The van der Waals surface area contributed by atoms with Crippen LogP contribution in [-0.4, -0.2) is 26.5 Å². The van der Waals surface area contributed by atoms with E-state index >= 15 is 0 Å². The Kier molecular flexibility index (Phi) is 3.95. The van der Waals surface area contributed by atoms with Crippen molar-refractivity contribution in [2.45, 2.75) is 25.3 Å². The summed E-state index contributed by atoms with van der Waals surface area (Å²) in [6, 6.07) is 0. The Balaban J connectivity index is 4.14. The fourth-order valence-electron chi connectivity index (χ4n) is 0.515. The van der Waals surface area contributed by atoms with E-state index in [0.717, 1.165) is 0 Å². The summed E-state index contributed by atoms with van der Waals surface area (Å²) in [5.74, 6) is 0. The average molecular weight is 182 g/mol. The number of primary sulfonamides is 1. The first-order valence-corrected chi connectivity index (χ1v) is 4.89. The summed E-state index contributed by atoms with van der Waals surface area (Å²) in [6.07, 6.45) is -0.838. The molecule has 11 heavy (non-hydrogen) atoms. The van der Waals surface area contributed by atoms with Gasteiger partial charge in [0.05, 0.1) is 0 Å². The summed E-state index contributed by atoms with van der Waals surface area (Å²) in [4.78, 5) is 0. The smallest absolute Gasteiger partial charge is 0.215 e. The van der Waals surface area contributed by atoms with Gasteiger partial charge in [-0.25, -0.2) is 13.6 Å². The highest BCUT2D eigenvalue weighted by molar-refractivity contribution is 7.89. The molecular weight excluding hydrogens is 168 g/mol. The molecule has 0 saturated heterocycles. The predicted molar refractivity (Wildman–Crippen MR) is 42.2 cm³/mol.